The molecule has 1 fully saturated rings. The summed E-state index contributed by atoms with van der Waals surface area (Å²) in [6.45, 7) is 6.17. The number of carbonyl (C=O) groups is 2. The monoisotopic (exact) mass is 578 g/mol. The Morgan fingerprint density at radius 2 is 1.95 bits per heavy atom. The Labute approximate surface area is 245 Å². The van der Waals surface area contributed by atoms with E-state index in [1.165, 1.54) is 6.20 Å². The number of alkyl carbamates (subject to hydrolysis) is 1. The van der Waals surface area contributed by atoms with Crippen molar-refractivity contribution < 1.29 is 28.2 Å². The first-order chi connectivity index (χ1) is 20.1. The zero-order valence-electron chi connectivity index (χ0n) is 24.6. The normalized spacial score (nSPS) is 19.3. The average molecular weight is 579 g/mol. The number of nitrogens with zero attached hydrogens (tertiary/aromatic N) is 1. The Morgan fingerprint density at radius 3 is 2.69 bits per heavy atom. The third-order valence-electron chi connectivity index (χ3n) is 7.87. The van der Waals surface area contributed by atoms with Gasteiger partial charge in [-0.3, -0.25) is 9.78 Å². The quantitative estimate of drug-likeness (QED) is 0.324. The van der Waals surface area contributed by atoms with Crippen LogP contribution in [0.1, 0.15) is 57.6 Å². The minimum Gasteiger partial charge on any atom is -0.497 e. The molecular weight excluding hydrogens is 539 g/mol. The van der Waals surface area contributed by atoms with E-state index in [1.807, 2.05) is 45.0 Å². The zero-order valence-corrected chi connectivity index (χ0v) is 24.6. The average Bonchev–Trinajstić information content (AvgIpc) is 2.95. The van der Waals surface area contributed by atoms with E-state index < -0.39 is 17.5 Å². The van der Waals surface area contributed by atoms with Crippen molar-refractivity contribution in [1.82, 2.24) is 15.6 Å². The van der Waals surface area contributed by atoms with Gasteiger partial charge in [0.2, 0.25) is 0 Å². The summed E-state index contributed by atoms with van der Waals surface area (Å²) in [5, 5.41) is 10.2. The van der Waals surface area contributed by atoms with Gasteiger partial charge in [-0.1, -0.05) is 6.07 Å². The Bertz CT molecular complexity index is 1450. The van der Waals surface area contributed by atoms with Crippen LogP contribution < -0.4 is 25.4 Å². The molecule has 0 bridgehead atoms. The van der Waals surface area contributed by atoms with Gasteiger partial charge in [0, 0.05) is 29.6 Å². The molecule has 2 heterocycles. The molecule has 9 nitrogen and oxygen atoms in total. The molecular formula is C32H39FN4O5. The number of ether oxygens (including phenoxy) is 3. The van der Waals surface area contributed by atoms with E-state index in [0.29, 0.717) is 52.7 Å². The maximum absolute atomic E-state index is 15.3. The smallest absolute Gasteiger partial charge is 0.407 e. The highest BCUT2D eigenvalue weighted by molar-refractivity contribution is 5.95. The predicted molar refractivity (Wildman–Crippen MR) is 158 cm³/mol. The fourth-order valence-electron chi connectivity index (χ4n) is 5.78. The predicted octanol–water partition coefficient (Wildman–Crippen LogP) is 5.50. The number of anilines is 1. The maximum Gasteiger partial charge on any atom is 0.407 e. The van der Waals surface area contributed by atoms with Crippen LogP contribution in [0.5, 0.6) is 11.5 Å². The highest BCUT2D eigenvalue weighted by atomic mass is 19.1. The number of benzene rings is 2. The van der Waals surface area contributed by atoms with Crippen molar-refractivity contribution in [3.8, 4) is 11.5 Å². The van der Waals surface area contributed by atoms with Crippen LogP contribution in [0.25, 0.3) is 10.9 Å². The number of aromatic nitrogens is 1. The molecule has 3 aromatic rings. The van der Waals surface area contributed by atoms with Crippen LogP contribution in [-0.4, -0.2) is 48.4 Å². The van der Waals surface area contributed by atoms with Gasteiger partial charge in [-0.2, -0.15) is 0 Å². The molecule has 1 aliphatic carbocycles. The molecule has 0 radical (unpaired) electrons. The highest BCUT2D eigenvalue weighted by Crippen LogP contribution is 2.33. The largest absolute Gasteiger partial charge is 0.497 e. The molecule has 2 aliphatic rings. The molecule has 0 saturated heterocycles. The Kier molecular flexibility index (Phi) is 8.82. The molecule has 1 aliphatic heterocycles. The molecule has 0 spiro atoms. The standard InChI is InChI=1S/C32H39FN4O5/c1-32(2,3)42-31(39)37-27(15-23-24-14-22(40-4)10-11-26(24)35-17-25(23)33)20-6-8-21(9-7-20)34-16-19-5-12-29-28(13-19)36-30(38)18-41-29/h5,10-14,17,20-21,27,34H,6-9,15-16,18H2,1-4H3,(H,36,38)(H,37,39). The van der Waals surface area contributed by atoms with Gasteiger partial charge >= 0.3 is 6.09 Å². The van der Waals surface area contributed by atoms with Crippen molar-refractivity contribution in [2.75, 3.05) is 19.0 Å². The summed E-state index contributed by atoms with van der Waals surface area (Å²) in [6, 6.07) is 11.2. The Balaban J connectivity index is 1.27. The molecule has 1 atom stereocenters. The van der Waals surface area contributed by atoms with Crippen LogP contribution in [0.3, 0.4) is 0 Å². The van der Waals surface area contributed by atoms with Crippen LogP contribution in [0.2, 0.25) is 0 Å². The van der Waals surface area contributed by atoms with Crippen molar-refractivity contribution in [1.29, 1.82) is 0 Å². The van der Waals surface area contributed by atoms with Crippen LogP contribution in [0.4, 0.5) is 14.9 Å². The summed E-state index contributed by atoms with van der Waals surface area (Å²) in [5.41, 5.74) is 2.28. The molecule has 2 aromatic carbocycles. The first-order valence-corrected chi connectivity index (χ1v) is 14.5. The second kappa shape index (κ2) is 12.5. The van der Waals surface area contributed by atoms with Crippen LogP contribution >= 0.6 is 0 Å². The number of hydrogen-bond acceptors (Lipinski definition) is 7. The topological polar surface area (TPSA) is 111 Å². The molecule has 42 heavy (non-hydrogen) atoms. The molecule has 1 aromatic heterocycles. The van der Waals surface area contributed by atoms with Crippen molar-refractivity contribution in [3.05, 3.63) is 59.5 Å². The maximum atomic E-state index is 15.3. The zero-order chi connectivity index (χ0) is 29.9. The highest BCUT2D eigenvalue weighted by Gasteiger charge is 2.31. The lowest BCUT2D eigenvalue weighted by Gasteiger charge is -2.35. The molecule has 3 N–H and O–H groups in total. The van der Waals surface area contributed by atoms with Gasteiger partial charge in [0.1, 0.15) is 22.9 Å². The minimum absolute atomic E-state index is 0.0375. The molecule has 10 heteroatoms. The minimum atomic E-state index is -0.649. The van der Waals surface area contributed by atoms with Crippen molar-refractivity contribution >= 4 is 28.6 Å². The molecule has 2 amide bonds. The van der Waals surface area contributed by atoms with Crippen molar-refractivity contribution in [2.24, 2.45) is 5.92 Å². The lowest BCUT2D eigenvalue weighted by atomic mass is 9.79. The number of hydrogen-bond donors (Lipinski definition) is 3. The summed E-state index contributed by atoms with van der Waals surface area (Å²) < 4.78 is 31.7. The molecule has 1 unspecified atom stereocenters. The van der Waals surface area contributed by atoms with E-state index in [0.717, 1.165) is 31.2 Å². The summed E-state index contributed by atoms with van der Waals surface area (Å²) in [7, 11) is 1.57. The lowest BCUT2D eigenvalue weighted by Crippen LogP contribution is -2.46. The van der Waals surface area contributed by atoms with Crippen molar-refractivity contribution in [3.63, 3.8) is 0 Å². The summed E-state index contributed by atoms with van der Waals surface area (Å²) in [4.78, 5) is 28.8. The number of halogens is 1. The van der Waals surface area contributed by atoms with E-state index in [4.69, 9.17) is 14.2 Å². The fraction of sp³-hybridized carbons (Fsp3) is 0.469. The molecule has 1 saturated carbocycles. The van der Waals surface area contributed by atoms with Gasteiger partial charge in [-0.25, -0.2) is 9.18 Å². The van der Waals surface area contributed by atoms with Crippen LogP contribution in [0.15, 0.2) is 42.6 Å². The van der Waals surface area contributed by atoms with E-state index in [1.54, 1.807) is 19.2 Å². The number of nitrogens with one attached hydrogen (secondary N) is 3. The van der Waals surface area contributed by atoms with Gasteiger partial charge in [0.25, 0.3) is 5.91 Å². The number of carbonyl (C=O) groups excluding carboxylic acids is 2. The molecule has 5 rings (SSSR count). The second-order valence-corrected chi connectivity index (χ2v) is 12.1. The number of rotatable bonds is 8. The summed E-state index contributed by atoms with van der Waals surface area (Å²) >= 11 is 0. The number of methoxy groups -OCH3 is 1. The third-order valence-corrected chi connectivity index (χ3v) is 7.87. The van der Waals surface area contributed by atoms with Gasteiger partial charge in [-0.05, 0) is 94.7 Å². The Morgan fingerprint density at radius 1 is 1.17 bits per heavy atom. The van der Waals surface area contributed by atoms with Gasteiger partial charge in [0.05, 0.1) is 24.5 Å². The van der Waals surface area contributed by atoms with Gasteiger partial charge in [0.15, 0.2) is 6.61 Å². The van der Waals surface area contributed by atoms with E-state index in [-0.39, 0.29) is 24.5 Å². The lowest BCUT2D eigenvalue weighted by molar-refractivity contribution is -0.118. The number of amides is 2. The summed E-state index contributed by atoms with van der Waals surface area (Å²) in [6.07, 6.45) is 4.59. The Hall–Kier alpha value is -3.92. The van der Waals surface area contributed by atoms with Crippen LogP contribution in [-0.2, 0) is 22.5 Å². The first-order valence-electron chi connectivity index (χ1n) is 14.5. The van der Waals surface area contributed by atoms with E-state index in [9.17, 15) is 9.59 Å². The van der Waals surface area contributed by atoms with E-state index >= 15 is 4.39 Å². The van der Waals surface area contributed by atoms with E-state index in [2.05, 4.69) is 20.9 Å². The van der Waals surface area contributed by atoms with Gasteiger partial charge < -0.3 is 30.2 Å². The summed E-state index contributed by atoms with van der Waals surface area (Å²) in [5.74, 6) is 0.875. The SMILES string of the molecule is COc1ccc2ncc(F)c(CC(NC(=O)OC(C)(C)C)C3CCC(NCc4ccc5c(c4)NC(=O)CO5)CC3)c2c1. The second-order valence-electron chi connectivity index (χ2n) is 12.1. The van der Waals surface area contributed by atoms with Gasteiger partial charge in [-0.15, -0.1) is 0 Å². The molecule has 224 valence electrons. The van der Waals surface area contributed by atoms with Crippen LogP contribution in [0, 0.1) is 11.7 Å². The number of pyridine rings is 1. The third kappa shape index (κ3) is 7.28. The number of fused-ring (bicyclic) bond motifs is 2. The van der Waals surface area contributed by atoms with Crippen molar-refractivity contribution in [2.45, 2.75) is 77.1 Å². The fourth-order valence-corrected chi connectivity index (χ4v) is 5.78. The first kappa shape index (κ1) is 29.6.